The molecule has 1 unspecified atom stereocenters. The summed E-state index contributed by atoms with van der Waals surface area (Å²) in [6, 6.07) is 0. The molecule has 0 spiro atoms. The molecule has 18 heavy (non-hydrogen) atoms. The van der Waals surface area contributed by atoms with E-state index in [1.165, 1.54) is 45.3 Å². The normalized spacial score (nSPS) is 27.2. The molecule has 4 nitrogen and oxygen atoms in total. The number of piperidine rings is 2. The Morgan fingerprint density at radius 2 is 2.06 bits per heavy atom. The van der Waals surface area contributed by atoms with Crippen LogP contribution in [0.3, 0.4) is 0 Å². The molecule has 2 aliphatic heterocycles. The Balaban J connectivity index is 1.56. The van der Waals surface area contributed by atoms with Crippen molar-refractivity contribution in [2.75, 3.05) is 32.7 Å². The Morgan fingerprint density at radius 1 is 1.28 bits per heavy atom. The molecule has 0 saturated carbocycles. The first kappa shape index (κ1) is 13.8. The lowest BCUT2D eigenvalue weighted by Gasteiger charge is -2.31. The number of nitrogens with two attached hydrogens (primary N) is 1. The highest BCUT2D eigenvalue weighted by Crippen LogP contribution is 2.19. The van der Waals surface area contributed by atoms with Gasteiger partial charge in [-0.3, -0.25) is 4.79 Å². The van der Waals surface area contributed by atoms with Gasteiger partial charge < -0.3 is 16.0 Å². The first-order chi connectivity index (χ1) is 8.75. The fourth-order valence-electron chi connectivity index (χ4n) is 3.22. The summed E-state index contributed by atoms with van der Waals surface area (Å²) in [7, 11) is 0. The number of hydrogen-bond acceptors (Lipinski definition) is 3. The minimum Gasteiger partial charge on any atom is -0.369 e. The van der Waals surface area contributed by atoms with Crippen LogP contribution in [-0.2, 0) is 4.79 Å². The SMILES string of the molecule is NC(=O)C1CCN(CCCC2CCCNC2)CC1. The van der Waals surface area contributed by atoms with Gasteiger partial charge in [-0.1, -0.05) is 0 Å². The number of rotatable bonds is 5. The summed E-state index contributed by atoms with van der Waals surface area (Å²) in [4.78, 5) is 13.6. The van der Waals surface area contributed by atoms with Gasteiger partial charge in [0.2, 0.25) is 5.91 Å². The summed E-state index contributed by atoms with van der Waals surface area (Å²) in [5.41, 5.74) is 5.35. The minimum absolute atomic E-state index is 0.108. The predicted octanol–water partition coefficient (Wildman–Crippen LogP) is 0.963. The van der Waals surface area contributed by atoms with E-state index >= 15 is 0 Å². The van der Waals surface area contributed by atoms with Crippen LogP contribution < -0.4 is 11.1 Å². The van der Waals surface area contributed by atoms with Crippen LogP contribution in [0.15, 0.2) is 0 Å². The Bertz CT molecular complexity index is 256. The lowest BCUT2D eigenvalue weighted by Crippen LogP contribution is -2.39. The van der Waals surface area contributed by atoms with Crippen molar-refractivity contribution in [3.63, 3.8) is 0 Å². The Morgan fingerprint density at radius 3 is 2.67 bits per heavy atom. The summed E-state index contributed by atoms with van der Waals surface area (Å²) in [5.74, 6) is 0.911. The maximum atomic E-state index is 11.1. The van der Waals surface area contributed by atoms with Crippen molar-refractivity contribution in [1.29, 1.82) is 0 Å². The lowest BCUT2D eigenvalue weighted by molar-refractivity contribution is -0.123. The second kappa shape index (κ2) is 7.10. The van der Waals surface area contributed by atoms with Gasteiger partial charge in [-0.25, -0.2) is 0 Å². The molecule has 1 atom stereocenters. The van der Waals surface area contributed by atoms with Gasteiger partial charge in [-0.2, -0.15) is 0 Å². The molecule has 2 rings (SSSR count). The van der Waals surface area contributed by atoms with Crippen molar-refractivity contribution in [3.05, 3.63) is 0 Å². The van der Waals surface area contributed by atoms with Crippen molar-refractivity contribution >= 4 is 5.91 Å². The standard InChI is InChI=1S/C14H27N3O/c15-14(18)13-5-9-17(10-6-13)8-2-4-12-3-1-7-16-11-12/h12-13,16H,1-11H2,(H2,15,18). The summed E-state index contributed by atoms with van der Waals surface area (Å²) < 4.78 is 0. The molecule has 0 bridgehead atoms. The highest BCUT2D eigenvalue weighted by molar-refractivity contribution is 5.76. The van der Waals surface area contributed by atoms with Crippen molar-refractivity contribution in [3.8, 4) is 0 Å². The van der Waals surface area contributed by atoms with E-state index < -0.39 is 0 Å². The largest absolute Gasteiger partial charge is 0.369 e. The van der Waals surface area contributed by atoms with E-state index in [0.717, 1.165) is 31.8 Å². The maximum Gasteiger partial charge on any atom is 0.220 e. The third-order valence-corrected chi connectivity index (χ3v) is 4.48. The maximum absolute atomic E-state index is 11.1. The van der Waals surface area contributed by atoms with E-state index in [1.54, 1.807) is 0 Å². The van der Waals surface area contributed by atoms with Gasteiger partial charge in [0.25, 0.3) is 0 Å². The van der Waals surface area contributed by atoms with Gasteiger partial charge in [0.1, 0.15) is 0 Å². The topological polar surface area (TPSA) is 58.4 Å². The summed E-state index contributed by atoms with van der Waals surface area (Å²) in [6.07, 6.45) is 7.31. The summed E-state index contributed by atoms with van der Waals surface area (Å²) in [6.45, 7) is 5.72. The Hall–Kier alpha value is -0.610. The summed E-state index contributed by atoms with van der Waals surface area (Å²) >= 11 is 0. The van der Waals surface area contributed by atoms with Crippen LogP contribution in [0.1, 0.15) is 38.5 Å². The molecule has 3 N–H and O–H groups in total. The molecule has 0 aliphatic carbocycles. The molecule has 0 radical (unpaired) electrons. The number of primary amides is 1. The quantitative estimate of drug-likeness (QED) is 0.767. The number of nitrogens with zero attached hydrogens (tertiary/aromatic N) is 1. The molecule has 2 fully saturated rings. The number of carbonyl (C=O) groups is 1. The van der Waals surface area contributed by atoms with Crippen LogP contribution in [0.5, 0.6) is 0 Å². The van der Waals surface area contributed by atoms with Crippen molar-refractivity contribution < 1.29 is 4.79 Å². The van der Waals surface area contributed by atoms with Crippen molar-refractivity contribution in [2.45, 2.75) is 38.5 Å². The van der Waals surface area contributed by atoms with Crippen LogP contribution in [0.25, 0.3) is 0 Å². The second-order valence-electron chi connectivity index (χ2n) is 5.87. The van der Waals surface area contributed by atoms with E-state index in [2.05, 4.69) is 10.2 Å². The van der Waals surface area contributed by atoms with Crippen LogP contribution in [0.2, 0.25) is 0 Å². The highest BCUT2D eigenvalue weighted by atomic mass is 16.1. The molecule has 104 valence electrons. The number of hydrogen-bond donors (Lipinski definition) is 2. The van der Waals surface area contributed by atoms with Gasteiger partial charge >= 0.3 is 0 Å². The van der Waals surface area contributed by atoms with Crippen molar-refractivity contribution in [1.82, 2.24) is 10.2 Å². The molecule has 2 saturated heterocycles. The highest BCUT2D eigenvalue weighted by Gasteiger charge is 2.22. The molecule has 0 aromatic carbocycles. The molecule has 0 aromatic rings. The smallest absolute Gasteiger partial charge is 0.220 e. The third-order valence-electron chi connectivity index (χ3n) is 4.48. The first-order valence-electron chi connectivity index (χ1n) is 7.48. The fraction of sp³-hybridized carbons (Fsp3) is 0.929. The third kappa shape index (κ3) is 4.25. The van der Waals surface area contributed by atoms with Crippen LogP contribution in [0, 0.1) is 11.8 Å². The zero-order chi connectivity index (χ0) is 12.8. The van der Waals surface area contributed by atoms with Gasteiger partial charge in [-0.05, 0) is 77.2 Å². The number of carbonyl (C=O) groups excluding carboxylic acids is 1. The van der Waals surface area contributed by atoms with E-state index in [4.69, 9.17) is 5.73 Å². The van der Waals surface area contributed by atoms with Gasteiger partial charge in [0.15, 0.2) is 0 Å². The fourth-order valence-corrected chi connectivity index (χ4v) is 3.22. The first-order valence-corrected chi connectivity index (χ1v) is 7.48. The van der Waals surface area contributed by atoms with Gasteiger partial charge in [0, 0.05) is 5.92 Å². The van der Waals surface area contributed by atoms with Gasteiger partial charge in [0.05, 0.1) is 0 Å². The molecule has 4 heteroatoms. The Kier molecular flexibility index (Phi) is 5.45. The Labute approximate surface area is 110 Å². The number of amides is 1. The van der Waals surface area contributed by atoms with E-state index in [1.807, 2.05) is 0 Å². The molecular formula is C14H27N3O. The monoisotopic (exact) mass is 253 g/mol. The van der Waals surface area contributed by atoms with Crippen LogP contribution >= 0.6 is 0 Å². The average molecular weight is 253 g/mol. The number of nitrogens with one attached hydrogen (secondary N) is 1. The van der Waals surface area contributed by atoms with E-state index in [-0.39, 0.29) is 11.8 Å². The molecule has 2 aliphatic rings. The minimum atomic E-state index is -0.108. The molecule has 1 amide bonds. The van der Waals surface area contributed by atoms with Crippen molar-refractivity contribution in [2.24, 2.45) is 17.6 Å². The van der Waals surface area contributed by atoms with Crippen LogP contribution in [0.4, 0.5) is 0 Å². The number of likely N-dealkylation sites (tertiary alicyclic amines) is 1. The predicted molar refractivity (Wildman–Crippen MR) is 73.2 cm³/mol. The zero-order valence-corrected chi connectivity index (χ0v) is 11.4. The van der Waals surface area contributed by atoms with E-state index in [0.29, 0.717) is 0 Å². The molecule has 2 heterocycles. The van der Waals surface area contributed by atoms with E-state index in [9.17, 15) is 4.79 Å². The molecular weight excluding hydrogens is 226 g/mol. The average Bonchev–Trinajstić information content (AvgIpc) is 2.40. The lowest BCUT2D eigenvalue weighted by atomic mass is 9.93. The van der Waals surface area contributed by atoms with Crippen LogP contribution in [-0.4, -0.2) is 43.5 Å². The zero-order valence-electron chi connectivity index (χ0n) is 11.4. The van der Waals surface area contributed by atoms with Gasteiger partial charge in [-0.15, -0.1) is 0 Å². The summed E-state index contributed by atoms with van der Waals surface area (Å²) in [5, 5.41) is 3.48. The molecule has 0 aromatic heterocycles. The second-order valence-corrected chi connectivity index (χ2v) is 5.87.